The van der Waals surface area contributed by atoms with Crippen LogP contribution in [0.25, 0.3) is 0 Å². The summed E-state index contributed by atoms with van der Waals surface area (Å²) in [6, 6.07) is 6.17. The number of ether oxygens (including phenoxy) is 1. The number of benzene rings is 1. The number of carboxylic acids is 1. The predicted octanol–water partition coefficient (Wildman–Crippen LogP) is 2.83. The molecule has 1 fully saturated rings. The molecule has 1 aromatic carbocycles. The third-order valence-electron chi connectivity index (χ3n) is 4.06. The average molecular weight is 292 g/mol. The minimum absolute atomic E-state index is 0.104. The molecule has 0 unspecified atom stereocenters. The summed E-state index contributed by atoms with van der Waals surface area (Å²) in [6.07, 6.45) is 1.07. The van der Waals surface area contributed by atoms with E-state index in [0.717, 1.165) is 0 Å². The predicted molar refractivity (Wildman–Crippen MR) is 76.1 cm³/mol. The summed E-state index contributed by atoms with van der Waals surface area (Å²) in [7, 11) is 0. The number of rotatable bonds is 3. The fourth-order valence-electron chi connectivity index (χ4n) is 3.10. The van der Waals surface area contributed by atoms with E-state index in [4.69, 9.17) is 4.74 Å². The van der Waals surface area contributed by atoms with E-state index in [1.54, 1.807) is 19.1 Å². The van der Waals surface area contributed by atoms with Crippen molar-refractivity contribution >= 4 is 11.9 Å². The highest BCUT2D eigenvalue weighted by molar-refractivity contribution is 5.92. The van der Waals surface area contributed by atoms with Crippen molar-refractivity contribution in [2.45, 2.75) is 39.2 Å². The monoisotopic (exact) mass is 292 g/mol. The van der Waals surface area contributed by atoms with Gasteiger partial charge in [0.15, 0.2) is 0 Å². The van der Waals surface area contributed by atoms with Gasteiger partial charge in [0.25, 0.3) is 0 Å². The second-order valence-electron chi connectivity index (χ2n) is 6.16. The van der Waals surface area contributed by atoms with Crippen LogP contribution in [-0.2, 0) is 9.53 Å². The summed E-state index contributed by atoms with van der Waals surface area (Å²) in [5.74, 6) is -1.44. The van der Waals surface area contributed by atoms with Crippen LogP contribution in [0.5, 0.6) is 5.75 Å². The number of carbonyl (C=O) groups excluding carboxylic acids is 1. The summed E-state index contributed by atoms with van der Waals surface area (Å²) in [4.78, 5) is 23.5. The van der Waals surface area contributed by atoms with Crippen LogP contribution in [0.2, 0.25) is 0 Å². The van der Waals surface area contributed by atoms with E-state index in [2.05, 4.69) is 0 Å². The topological polar surface area (TPSA) is 83.8 Å². The van der Waals surface area contributed by atoms with E-state index in [1.165, 1.54) is 12.1 Å². The van der Waals surface area contributed by atoms with Gasteiger partial charge in [-0.15, -0.1) is 0 Å². The van der Waals surface area contributed by atoms with Crippen molar-refractivity contribution in [2.24, 2.45) is 11.3 Å². The second-order valence-corrected chi connectivity index (χ2v) is 6.16. The molecule has 2 rings (SSSR count). The first-order valence-electron chi connectivity index (χ1n) is 7.04. The Bertz CT molecular complexity index is 553. The van der Waals surface area contributed by atoms with Crippen LogP contribution in [0, 0.1) is 11.3 Å². The lowest BCUT2D eigenvalue weighted by atomic mass is 9.70. The standard InChI is InChI=1S/C16H20O5/c1-10-7-11(9-16(2,8-10)15(19)20)21-14(18)12-5-3-4-6-13(12)17/h3-6,10-11,17H,7-9H2,1-2H3,(H,19,20)/t10-,11+,16-/m0/s1. The molecule has 0 heterocycles. The second kappa shape index (κ2) is 5.76. The first-order valence-corrected chi connectivity index (χ1v) is 7.04. The number of hydrogen-bond donors (Lipinski definition) is 2. The molecular weight excluding hydrogens is 272 g/mol. The normalized spacial score (nSPS) is 28.9. The molecule has 1 saturated carbocycles. The number of esters is 1. The van der Waals surface area contributed by atoms with Crippen molar-refractivity contribution in [2.75, 3.05) is 0 Å². The Morgan fingerprint density at radius 2 is 1.95 bits per heavy atom. The summed E-state index contributed by atoms with van der Waals surface area (Å²) in [5, 5.41) is 19.0. The van der Waals surface area contributed by atoms with Crippen molar-refractivity contribution in [1.29, 1.82) is 0 Å². The molecule has 21 heavy (non-hydrogen) atoms. The SMILES string of the molecule is C[C@H]1C[C@@H](OC(=O)c2ccccc2O)C[C@@](C)(C(=O)O)C1. The fourth-order valence-corrected chi connectivity index (χ4v) is 3.10. The molecule has 0 aromatic heterocycles. The summed E-state index contributed by atoms with van der Waals surface area (Å²) < 4.78 is 5.41. The van der Waals surface area contributed by atoms with Crippen LogP contribution in [-0.4, -0.2) is 28.3 Å². The van der Waals surface area contributed by atoms with Crippen molar-refractivity contribution in [3.05, 3.63) is 29.8 Å². The molecule has 0 aliphatic heterocycles. The molecule has 1 aromatic rings. The van der Waals surface area contributed by atoms with Gasteiger partial charge in [0.05, 0.1) is 5.41 Å². The molecule has 0 amide bonds. The van der Waals surface area contributed by atoms with Crippen LogP contribution in [0.3, 0.4) is 0 Å². The molecule has 2 N–H and O–H groups in total. The first-order chi connectivity index (χ1) is 9.82. The molecule has 0 radical (unpaired) electrons. The van der Waals surface area contributed by atoms with E-state index >= 15 is 0 Å². The third-order valence-corrected chi connectivity index (χ3v) is 4.06. The third kappa shape index (κ3) is 3.35. The molecule has 114 valence electrons. The van der Waals surface area contributed by atoms with Gasteiger partial charge in [-0.2, -0.15) is 0 Å². The van der Waals surface area contributed by atoms with E-state index in [-0.39, 0.29) is 17.2 Å². The number of carbonyl (C=O) groups is 2. The zero-order valence-electron chi connectivity index (χ0n) is 12.2. The van der Waals surface area contributed by atoms with Crippen molar-refractivity contribution in [3.63, 3.8) is 0 Å². The summed E-state index contributed by atoms with van der Waals surface area (Å²) in [5.41, 5.74) is -0.769. The van der Waals surface area contributed by atoms with Gasteiger partial charge in [0.2, 0.25) is 0 Å². The van der Waals surface area contributed by atoms with Crippen LogP contribution in [0.15, 0.2) is 24.3 Å². The van der Waals surface area contributed by atoms with E-state index in [0.29, 0.717) is 19.3 Å². The van der Waals surface area contributed by atoms with Crippen molar-refractivity contribution in [1.82, 2.24) is 0 Å². The highest BCUT2D eigenvalue weighted by Gasteiger charge is 2.42. The van der Waals surface area contributed by atoms with E-state index < -0.39 is 23.5 Å². The smallest absolute Gasteiger partial charge is 0.342 e. The molecule has 3 atom stereocenters. The van der Waals surface area contributed by atoms with E-state index in [9.17, 15) is 19.8 Å². The van der Waals surface area contributed by atoms with Gasteiger partial charge in [-0.3, -0.25) is 4.79 Å². The summed E-state index contributed by atoms with van der Waals surface area (Å²) >= 11 is 0. The lowest BCUT2D eigenvalue weighted by Crippen LogP contribution is -2.40. The number of carboxylic acid groups (broad SMARTS) is 1. The Hall–Kier alpha value is -2.04. The summed E-state index contributed by atoms with van der Waals surface area (Å²) in [6.45, 7) is 3.65. The molecule has 1 aliphatic rings. The Labute approximate surface area is 123 Å². The van der Waals surface area contributed by atoms with Crippen molar-refractivity contribution < 1.29 is 24.5 Å². The van der Waals surface area contributed by atoms with Crippen molar-refractivity contribution in [3.8, 4) is 5.75 Å². The van der Waals surface area contributed by atoms with E-state index in [1.807, 2.05) is 6.92 Å². The lowest BCUT2D eigenvalue weighted by Gasteiger charge is -2.37. The number of phenols is 1. The minimum atomic E-state index is -0.874. The molecule has 5 heteroatoms. The Morgan fingerprint density at radius 3 is 2.57 bits per heavy atom. The van der Waals surface area contributed by atoms with Gasteiger partial charge in [-0.05, 0) is 37.8 Å². The number of phenolic OH excluding ortho intramolecular Hbond substituents is 1. The maximum atomic E-state index is 12.1. The number of aliphatic carboxylic acids is 1. The van der Waals surface area contributed by atoms with Gasteiger partial charge in [0.1, 0.15) is 17.4 Å². The number of hydrogen-bond acceptors (Lipinski definition) is 4. The largest absolute Gasteiger partial charge is 0.507 e. The molecule has 1 aliphatic carbocycles. The molecule has 0 saturated heterocycles. The maximum absolute atomic E-state index is 12.1. The molecule has 0 bridgehead atoms. The fraction of sp³-hybridized carbons (Fsp3) is 0.500. The Kier molecular flexibility index (Phi) is 4.21. The molecule has 5 nitrogen and oxygen atoms in total. The van der Waals surface area contributed by atoms with Gasteiger partial charge < -0.3 is 14.9 Å². The number of para-hydroxylation sites is 1. The zero-order chi connectivity index (χ0) is 15.6. The van der Waals surface area contributed by atoms with Gasteiger partial charge in [0, 0.05) is 6.42 Å². The van der Waals surface area contributed by atoms with Gasteiger partial charge in [-0.25, -0.2) is 4.79 Å². The van der Waals surface area contributed by atoms with Crippen LogP contribution >= 0.6 is 0 Å². The molecule has 0 spiro atoms. The zero-order valence-corrected chi connectivity index (χ0v) is 12.2. The average Bonchev–Trinajstić information content (AvgIpc) is 2.37. The Balaban J connectivity index is 2.10. The first kappa shape index (κ1) is 15.4. The number of aromatic hydroxyl groups is 1. The molecular formula is C16H20O5. The van der Waals surface area contributed by atoms with Crippen LogP contribution < -0.4 is 0 Å². The lowest BCUT2D eigenvalue weighted by molar-refractivity contribution is -0.153. The van der Waals surface area contributed by atoms with Crippen LogP contribution in [0.1, 0.15) is 43.5 Å². The minimum Gasteiger partial charge on any atom is -0.507 e. The Morgan fingerprint density at radius 1 is 1.29 bits per heavy atom. The maximum Gasteiger partial charge on any atom is 0.342 e. The van der Waals surface area contributed by atoms with Gasteiger partial charge >= 0.3 is 11.9 Å². The quantitative estimate of drug-likeness (QED) is 0.837. The van der Waals surface area contributed by atoms with Gasteiger partial charge in [-0.1, -0.05) is 19.1 Å². The highest BCUT2D eigenvalue weighted by Crippen LogP contribution is 2.40. The van der Waals surface area contributed by atoms with Crippen LogP contribution in [0.4, 0.5) is 0 Å². The highest BCUT2D eigenvalue weighted by atomic mass is 16.5.